The Balaban J connectivity index is 1.92. The summed E-state index contributed by atoms with van der Waals surface area (Å²) in [4.78, 5) is 15.0. The van der Waals surface area contributed by atoms with Gasteiger partial charge in [0.15, 0.2) is 0 Å². The zero-order valence-corrected chi connectivity index (χ0v) is 8.91. The summed E-state index contributed by atoms with van der Waals surface area (Å²) in [5.74, 6) is 0. The predicted octanol–water partition coefficient (Wildman–Crippen LogP) is 0.334. The monoisotopic (exact) mass is 218 g/mol. The largest absolute Gasteiger partial charge is 0.390 e. The van der Waals surface area contributed by atoms with Crippen molar-refractivity contribution in [3.63, 3.8) is 0 Å². The molecule has 0 aliphatic carbocycles. The molecule has 84 valence electrons. The zero-order valence-electron chi connectivity index (χ0n) is 8.91. The van der Waals surface area contributed by atoms with Crippen LogP contribution in [0.15, 0.2) is 24.3 Å². The summed E-state index contributed by atoms with van der Waals surface area (Å²) in [6.45, 7) is 1.99. The molecule has 1 saturated heterocycles. The number of aliphatic hydroxyl groups excluding tert-OH is 1. The smallest absolute Gasteiger partial charge is 0.211 e. The standard InChI is InChI=1S/C12H14N2O2/c15-8-14-5-9-3-1-2-4-11(9)12(14)13-6-10(16)7-13/h1-4,8,10,12,16H,5-7H2. The third-order valence-electron chi connectivity index (χ3n) is 3.37. The molecule has 4 nitrogen and oxygen atoms in total. The van der Waals surface area contributed by atoms with E-state index < -0.39 is 0 Å². The highest BCUT2D eigenvalue weighted by Gasteiger charge is 2.39. The van der Waals surface area contributed by atoms with E-state index in [-0.39, 0.29) is 12.3 Å². The van der Waals surface area contributed by atoms with Crippen molar-refractivity contribution in [2.24, 2.45) is 0 Å². The Morgan fingerprint density at radius 3 is 2.75 bits per heavy atom. The van der Waals surface area contributed by atoms with Crippen LogP contribution in [-0.2, 0) is 11.3 Å². The molecule has 0 aromatic heterocycles. The van der Waals surface area contributed by atoms with Crippen LogP contribution in [0.1, 0.15) is 17.3 Å². The summed E-state index contributed by atoms with van der Waals surface area (Å²) in [5.41, 5.74) is 2.41. The normalized spacial score (nSPS) is 25.3. The molecule has 1 aromatic rings. The van der Waals surface area contributed by atoms with Crippen LogP contribution in [0.4, 0.5) is 0 Å². The lowest BCUT2D eigenvalue weighted by Crippen LogP contribution is -2.54. The van der Waals surface area contributed by atoms with Gasteiger partial charge in [0.2, 0.25) is 6.41 Å². The fraction of sp³-hybridized carbons (Fsp3) is 0.417. The molecule has 3 rings (SSSR count). The van der Waals surface area contributed by atoms with Crippen LogP contribution in [-0.4, -0.2) is 40.5 Å². The number of likely N-dealkylation sites (tertiary alicyclic amines) is 1. The summed E-state index contributed by atoms with van der Waals surface area (Å²) >= 11 is 0. The van der Waals surface area contributed by atoms with Crippen molar-refractivity contribution in [2.75, 3.05) is 13.1 Å². The number of carbonyl (C=O) groups is 1. The quantitative estimate of drug-likeness (QED) is 0.728. The third kappa shape index (κ3) is 1.34. The second kappa shape index (κ2) is 3.57. The number of nitrogens with zero attached hydrogens (tertiary/aromatic N) is 2. The van der Waals surface area contributed by atoms with Crippen molar-refractivity contribution >= 4 is 6.41 Å². The van der Waals surface area contributed by atoms with Gasteiger partial charge in [-0.3, -0.25) is 9.69 Å². The highest BCUT2D eigenvalue weighted by molar-refractivity contribution is 5.53. The Morgan fingerprint density at radius 2 is 2.06 bits per heavy atom. The molecule has 1 unspecified atom stereocenters. The van der Waals surface area contributed by atoms with Gasteiger partial charge in [-0.25, -0.2) is 0 Å². The molecule has 1 amide bonds. The molecule has 2 heterocycles. The number of aliphatic hydroxyl groups is 1. The van der Waals surface area contributed by atoms with E-state index in [4.69, 9.17) is 0 Å². The first-order chi connectivity index (χ1) is 7.79. The number of benzene rings is 1. The molecule has 0 radical (unpaired) electrons. The molecule has 2 aliphatic rings. The van der Waals surface area contributed by atoms with Gasteiger partial charge in [-0.05, 0) is 11.1 Å². The Labute approximate surface area is 94.1 Å². The second-order valence-electron chi connectivity index (χ2n) is 4.46. The van der Waals surface area contributed by atoms with E-state index in [1.54, 1.807) is 4.90 Å². The molecule has 0 spiro atoms. The molecule has 4 heteroatoms. The highest BCUT2D eigenvalue weighted by atomic mass is 16.3. The number of hydrogen-bond acceptors (Lipinski definition) is 3. The van der Waals surface area contributed by atoms with Gasteiger partial charge < -0.3 is 10.0 Å². The number of β-amino-alcohol motifs (C(OH)–C–C–N with tert-alkyl or cyclic N) is 1. The maximum absolute atomic E-state index is 11.0. The summed E-state index contributed by atoms with van der Waals surface area (Å²) in [5, 5.41) is 9.34. The van der Waals surface area contributed by atoms with Crippen molar-refractivity contribution < 1.29 is 9.90 Å². The Morgan fingerprint density at radius 1 is 1.31 bits per heavy atom. The lowest BCUT2D eigenvalue weighted by Gasteiger charge is -2.42. The molecule has 0 bridgehead atoms. The third-order valence-corrected chi connectivity index (χ3v) is 3.37. The van der Waals surface area contributed by atoms with Gasteiger partial charge in [0.1, 0.15) is 6.17 Å². The maximum atomic E-state index is 11.0. The van der Waals surface area contributed by atoms with Crippen molar-refractivity contribution in [1.29, 1.82) is 0 Å². The van der Waals surface area contributed by atoms with Crippen LogP contribution >= 0.6 is 0 Å². The van der Waals surface area contributed by atoms with Crippen LogP contribution in [0.25, 0.3) is 0 Å². The molecule has 1 fully saturated rings. The van der Waals surface area contributed by atoms with E-state index in [1.807, 2.05) is 12.1 Å². The number of fused-ring (bicyclic) bond motifs is 1. The van der Waals surface area contributed by atoms with Crippen molar-refractivity contribution in [1.82, 2.24) is 9.80 Å². The minimum Gasteiger partial charge on any atom is -0.390 e. The lowest BCUT2D eigenvalue weighted by molar-refractivity contribution is -0.130. The average Bonchev–Trinajstić information content (AvgIpc) is 2.63. The molecular weight excluding hydrogens is 204 g/mol. The molecule has 0 saturated carbocycles. The predicted molar refractivity (Wildman–Crippen MR) is 58.4 cm³/mol. The molecule has 2 aliphatic heterocycles. The Hall–Kier alpha value is -1.39. The van der Waals surface area contributed by atoms with Crippen molar-refractivity contribution in [3.8, 4) is 0 Å². The van der Waals surface area contributed by atoms with E-state index in [1.165, 1.54) is 11.1 Å². The van der Waals surface area contributed by atoms with Crippen LogP contribution in [0.3, 0.4) is 0 Å². The number of rotatable bonds is 2. The van der Waals surface area contributed by atoms with E-state index >= 15 is 0 Å². The summed E-state index contributed by atoms with van der Waals surface area (Å²) in [6, 6.07) is 8.11. The van der Waals surface area contributed by atoms with Gasteiger partial charge in [-0.15, -0.1) is 0 Å². The molecule has 1 atom stereocenters. The Bertz CT molecular complexity index is 415. The van der Waals surface area contributed by atoms with E-state index in [2.05, 4.69) is 17.0 Å². The van der Waals surface area contributed by atoms with Crippen LogP contribution in [0.2, 0.25) is 0 Å². The van der Waals surface area contributed by atoms with Gasteiger partial charge in [0, 0.05) is 19.6 Å². The van der Waals surface area contributed by atoms with Crippen molar-refractivity contribution in [2.45, 2.75) is 18.8 Å². The molecular formula is C12H14N2O2. The average molecular weight is 218 g/mol. The van der Waals surface area contributed by atoms with E-state index in [0.717, 1.165) is 6.41 Å². The number of amides is 1. The SMILES string of the molecule is O=CN1Cc2ccccc2C1N1CC(O)C1. The minimum absolute atomic E-state index is 0.0251. The fourth-order valence-electron chi connectivity index (χ4n) is 2.58. The van der Waals surface area contributed by atoms with Gasteiger partial charge >= 0.3 is 0 Å². The van der Waals surface area contributed by atoms with Gasteiger partial charge in [0.25, 0.3) is 0 Å². The minimum atomic E-state index is -0.235. The lowest BCUT2D eigenvalue weighted by atomic mass is 10.0. The second-order valence-corrected chi connectivity index (χ2v) is 4.46. The van der Waals surface area contributed by atoms with Gasteiger partial charge in [0.05, 0.1) is 6.10 Å². The Kier molecular flexibility index (Phi) is 2.19. The van der Waals surface area contributed by atoms with Crippen LogP contribution in [0, 0.1) is 0 Å². The molecule has 16 heavy (non-hydrogen) atoms. The van der Waals surface area contributed by atoms with Crippen LogP contribution < -0.4 is 0 Å². The summed E-state index contributed by atoms with van der Waals surface area (Å²) < 4.78 is 0. The first-order valence-electron chi connectivity index (χ1n) is 5.50. The molecule has 1 N–H and O–H groups in total. The number of carbonyl (C=O) groups excluding carboxylic acids is 1. The first kappa shape index (κ1) is 9.81. The highest BCUT2D eigenvalue weighted by Crippen LogP contribution is 2.37. The topological polar surface area (TPSA) is 43.8 Å². The van der Waals surface area contributed by atoms with Crippen molar-refractivity contribution in [3.05, 3.63) is 35.4 Å². The summed E-state index contributed by atoms with van der Waals surface area (Å²) in [6.07, 6.45) is 0.688. The van der Waals surface area contributed by atoms with Crippen LogP contribution in [0.5, 0.6) is 0 Å². The fourth-order valence-corrected chi connectivity index (χ4v) is 2.58. The summed E-state index contributed by atoms with van der Waals surface area (Å²) in [7, 11) is 0. The first-order valence-corrected chi connectivity index (χ1v) is 5.50. The van der Waals surface area contributed by atoms with E-state index in [9.17, 15) is 9.90 Å². The number of hydrogen-bond donors (Lipinski definition) is 1. The van der Waals surface area contributed by atoms with Gasteiger partial charge in [-0.1, -0.05) is 24.3 Å². The van der Waals surface area contributed by atoms with E-state index in [0.29, 0.717) is 19.6 Å². The molecule has 1 aromatic carbocycles. The zero-order chi connectivity index (χ0) is 11.1. The maximum Gasteiger partial charge on any atom is 0.211 e. The van der Waals surface area contributed by atoms with Gasteiger partial charge in [-0.2, -0.15) is 0 Å².